The minimum Gasteiger partial charge on any atom is -0.378 e. The Kier molecular flexibility index (Phi) is 16.2. The summed E-state index contributed by atoms with van der Waals surface area (Å²) in [5.74, 6) is 0. The molecule has 1 atom stereocenters. The Morgan fingerprint density at radius 1 is 1.13 bits per heavy atom. The van der Waals surface area contributed by atoms with Crippen molar-refractivity contribution in [3.63, 3.8) is 0 Å². The molecular formula is C28H41N3. The molecule has 0 amide bonds. The minimum atomic E-state index is 0.0963. The zero-order chi connectivity index (χ0) is 24.6. The van der Waals surface area contributed by atoms with E-state index in [0.29, 0.717) is 5.56 Å². The van der Waals surface area contributed by atoms with Crippen LogP contribution in [0.15, 0.2) is 84.2 Å². The average Bonchev–Trinajstić information content (AvgIpc) is 2.74. The van der Waals surface area contributed by atoms with Gasteiger partial charge in [0.15, 0.2) is 0 Å². The predicted molar refractivity (Wildman–Crippen MR) is 139 cm³/mol. The SMILES string of the molecule is C=C(C)C(=C)C.C=C/C=C(\C)N=C(C)C(=C)NC(C)c1ccc(C#N)cc1CC.CC. The Morgan fingerprint density at radius 2 is 1.68 bits per heavy atom. The Morgan fingerprint density at radius 3 is 2.10 bits per heavy atom. The molecule has 168 valence electrons. The number of rotatable bonds is 8. The summed E-state index contributed by atoms with van der Waals surface area (Å²) < 4.78 is 0. The molecule has 0 spiro atoms. The highest BCUT2D eigenvalue weighted by Crippen LogP contribution is 2.21. The van der Waals surface area contributed by atoms with E-state index in [1.165, 1.54) is 11.1 Å². The number of aryl methyl sites for hydroxylation is 1. The van der Waals surface area contributed by atoms with Crippen LogP contribution in [-0.2, 0) is 6.42 Å². The van der Waals surface area contributed by atoms with Gasteiger partial charge in [-0.05, 0) is 70.4 Å². The lowest BCUT2D eigenvalue weighted by molar-refractivity contribution is 0.664. The van der Waals surface area contributed by atoms with Crippen molar-refractivity contribution < 1.29 is 0 Å². The van der Waals surface area contributed by atoms with Crippen LogP contribution in [0.25, 0.3) is 0 Å². The fourth-order valence-electron chi connectivity index (χ4n) is 2.39. The molecular weight excluding hydrogens is 378 g/mol. The summed E-state index contributed by atoms with van der Waals surface area (Å²) in [7, 11) is 0. The monoisotopic (exact) mass is 419 g/mol. The van der Waals surface area contributed by atoms with Gasteiger partial charge >= 0.3 is 0 Å². The molecule has 3 nitrogen and oxygen atoms in total. The Labute approximate surface area is 191 Å². The highest BCUT2D eigenvalue weighted by atomic mass is 14.9. The number of benzene rings is 1. The smallest absolute Gasteiger partial charge is 0.0991 e. The van der Waals surface area contributed by atoms with Crippen molar-refractivity contribution in [2.75, 3.05) is 0 Å². The molecule has 0 fully saturated rings. The van der Waals surface area contributed by atoms with Crippen LogP contribution in [0.5, 0.6) is 0 Å². The molecule has 0 radical (unpaired) electrons. The molecule has 1 aromatic rings. The molecule has 0 bridgehead atoms. The van der Waals surface area contributed by atoms with Gasteiger partial charge in [-0.1, -0.05) is 70.4 Å². The van der Waals surface area contributed by atoms with E-state index in [0.717, 1.165) is 34.7 Å². The Hall–Kier alpha value is -3.12. The van der Waals surface area contributed by atoms with Gasteiger partial charge in [0.25, 0.3) is 0 Å². The number of nitrogens with zero attached hydrogens (tertiary/aromatic N) is 2. The third-order valence-corrected chi connectivity index (χ3v) is 4.38. The highest BCUT2D eigenvalue weighted by molar-refractivity contribution is 5.97. The molecule has 0 aliphatic rings. The first-order valence-corrected chi connectivity index (χ1v) is 10.7. The van der Waals surface area contributed by atoms with Gasteiger partial charge in [-0.3, -0.25) is 4.99 Å². The van der Waals surface area contributed by atoms with E-state index >= 15 is 0 Å². The maximum Gasteiger partial charge on any atom is 0.0991 e. The van der Waals surface area contributed by atoms with Crippen LogP contribution in [0.4, 0.5) is 0 Å². The van der Waals surface area contributed by atoms with Crippen LogP contribution in [0.1, 0.15) is 78.1 Å². The normalized spacial score (nSPS) is 11.5. The first-order chi connectivity index (χ1) is 14.6. The zero-order valence-electron chi connectivity index (χ0n) is 20.9. The van der Waals surface area contributed by atoms with Crippen LogP contribution >= 0.6 is 0 Å². The predicted octanol–water partition coefficient (Wildman–Crippen LogP) is 8.00. The van der Waals surface area contributed by atoms with Crippen LogP contribution in [0.2, 0.25) is 0 Å². The van der Waals surface area contributed by atoms with Crippen molar-refractivity contribution in [1.82, 2.24) is 5.32 Å². The maximum absolute atomic E-state index is 9.03. The Balaban J connectivity index is 0. The zero-order valence-corrected chi connectivity index (χ0v) is 20.9. The van der Waals surface area contributed by atoms with Crippen molar-refractivity contribution in [2.45, 2.75) is 67.9 Å². The summed E-state index contributed by atoms with van der Waals surface area (Å²) in [6.45, 7) is 31.0. The minimum absolute atomic E-state index is 0.0963. The van der Waals surface area contributed by atoms with E-state index in [1.54, 1.807) is 6.08 Å². The van der Waals surface area contributed by atoms with Crippen molar-refractivity contribution in [1.29, 1.82) is 5.26 Å². The van der Waals surface area contributed by atoms with E-state index in [4.69, 9.17) is 5.26 Å². The summed E-state index contributed by atoms with van der Waals surface area (Å²) in [5, 5.41) is 12.4. The fraction of sp³-hybridized carbons (Fsp3) is 0.357. The molecule has 0 aromatic heterocycles. The molecule has 1 rings (SSSR count). The van der Waals surface area contributed by atoms with Crippen molar-refractivity contribution in [3.8, 4) is 6.07 Å². The first kappa shape index (κ1) is 30.1. The summed E-state index contributed by atoms with van der Waals surface area (Å²) in [6, 6.07) is 8.10. The summed E-state index contributed by atoms with van der Waals surface area (Å²) in [6.07, 6.45) is 4.46. The second-order valence-corrected chi connectivity index (χ2v) is 7.03. The van der Waals surface area contributed by atoms with Crippen molar-refractivity contribution in [2.24, 2.45) is 4.99 Å². The number of hydrogen-bond donors (Lipinski definition) is 1. The van der Waals surface area contributed by atoms with Gasteiger partial charge in [0.05, 0.1) is 17.3 Å². The van der Waals surface area contributed by atoms with E-state index < -0.39 is 0 Å². The molecule has 0 saturated heterocycles. The topological polar surface area (TPSA) is 48.2 Å². The van der Waals surface area contributed by atoms with E-state index in [2.05, 4.69) is 56.5 Å². The Bertz CT molecular complexity index is 849. The van der Waals surface area contributed by atoms with Gasteiger partial charge in [0, 0.05) is 17.4 Å². The molecule has 31 heavy (non-hydrogen) atoms. The maximum atomic E-state index is 9.03. The van der Waals surface area contributed by atoms with E-state index in [9.17, 15) is 0 Å². The largest absolute Gasteiger partial charge is 0.378 e. The third-order valence-electron chi connectivity index (χ3n) is 4.38. The molecule has 1 aromatic carbocycles. The van der Waals surface area contributed by atoms with Crippen LogP contribution in [0.3, 0.4) is 0 Å². The molecule has 0 aliphatic heterocycles. The highest BCUT2D eigenvalue weighted by Gasteiger charge is 2.12. The standard InChI is InChI=1S/C20H25N3.C6H10.C2H6/c1-7-9-14(3)22-15(4)16(5)23-17(6)20-11-10-18(13-21)12-19(20)8-2;1-5(2)6(3)4;1-2/h7,9-12,17,23H,1,5,8H2,2-4,6H3;1,3H2,2,4H3;1-2H3/b14-9+,22-15?;;. The second-order valence-electron chi connectivity index (χ2n) is 7.03. The molecule has 3 heteroatoms. The summed E-state index contributed by atoms with van der Waals surface area (Å²) in [5.41, 5.74) is 7.71. The molecule has 0 saturated carbocycles. The number of allylic oxidation sites excluding steroid dienone is 6. The van der Waals surface area contributed by atoms with Gasteiger partial charge in [-0.15, -0.1) is 0 Å². The van der Waals surface area contributed by atoms with Crippen LogP contribution in [-0.4, -0.2) is 5.71 Å². The number of hydrogen-bond acceptors (Lipinski definition) is 3. The number of nitriles is 1. The lowest BCUT2D eigenvalue weighted by atomic mass is 9.97. The van der Waals surface area contributed by atoms with Crippen LogP contribution < -0.4 is 5.32 Å². The van der Waals surface area contributed by atoms with Gasteiger partial charge in [-0.2, -0.15) is 5.26 Å². The number of nitrogens with one attached hydrogen (secondary N) is 1. The van der Waals surface area contributed by atoms with Crippen molar-refractivity contribution >= 4 is 5.71 Å². The van der Waals surface area contributed by atoms with Gasteiger partial charge < -0.3 is 5.32 Å². The van der Waals surface area contributed by atoms with E-state index in [-0.39, 0.29) is 6.04 Å². The molecule has 0 heterocycles. The number of aliphatic imine (C=N–C) groups is 1. The summed E-state index contributed by atoms with van der Waals surface area (Å²) >= 11 is 0. The fourth-order valence-corrected chi connectivity index (χ4v) is 2.39. The lowest BCUT2D eigenvalue weighted by Crippen LogP contribution is -2.22. The first-order valence-electron chi connectivity index (χ1n) is 10.7. The van der Waals surface area contributed by atoms with Crippen LogP contribution in [0, 0.1) is 11.3 Å². The van der Waals surface area contributed by atoms with Gasteiger partial charge in [-0.25, -0.2) is 0 Å². The van der Waals surface area contributed by atoms with Crippen molar-refractivity contribution in [3.05, 3.63) is 95.9 Å². The quantitative estimate of drug-likeness (QED) is 0.343. The lowest BCUT2D eigenvalue weighted by Gasteiger charge is -2.20. The van der Waals surface area contributed by atoms with Gasteiger partial charge in [0.2, 0.25) is 0 Å². The molecule has 1 N–H and O–H groups in total. The molecule has 0 aliphatic carbocycles. The summed E-state index contributed by atoms with van der Waals surface area (Å²) in [4.78, 5) is 4.48. The second kappa shape index (κ2) is 16.7. The molecule has 1 unspecified atom stereocenters. The third kappa shape index (κ3) is 12.2. The average molecular weight is 420 g/mol. The van der Waals surface area contributed by atoms with E-state index in [1.807, 2.05) is 65.8 Å². The van der Waals surface area contributed by atoms with Gasteiger partial charge in [0.1, 0.15) is 0 Å².